The lowest BCUT2D eigenvalue weighted by Crippen LogP contribution is -2.26. The van der Waals surface area contributed by atoms with Gasteiger partial charge in [-0.1, -0.05) is 23.7 Å². The molecule has 0 fully saturated rings. The highest BCUT2D eigenvalue weighted by Crippen LogP contribution is 2.34. The second-order valence-corrected chi connectivity index (χ2v) is 9.08. The number of nitrogens with zero attached hydrogens (tertiary/aromatic N) is 2. The van der Waals surface area contributed by atoms with Crippen molar-refractivity contribution in [3.8, 4) is 0 Å². The molecule has 0 bridgehead atoms. The first-order valence-corrected chi connectivity index (χ1v) is 11.4. The van der Waals surface area contributed by atoms with Crippen molar-refractivity contribution in [2.45, 2.75) is 12.5 Å². The van der Waals surface area contributed by atoms with Gasteiger partial charge in [-0.15, -0.1) is 0 Å². The average molecular weight is 444 g/mol. The Morgan fingerprint density at radius 1 is 1.13 bits per heavy atom. The smallest absolute Gasteiger partial charge is 0.274 e. The standard InChI is InChI=1S/C21H18ClN3O4S/c1-30(27,28)24-17-10-6-14(7-11-17)18-13-19(20-3-2-12-29-20)25(23-18)21(26)15-4-8-16(22)9-5-15/h2-12,19,24H,13H2,1H3/t19-/m0/s1. The second-order valence-electron chi connectivity index (χ2n) is 6.89. The van der Waals surface area contributed by atoms with Crippen LogP contribution in [0, 0.1) is 0 Å². The van der Waals surface area contributed by atoms with Crippen LogP contribution in [0.15, 0.2) is 76.4 Å². The van der Waals surface area contributed by atoms with Gasteiger partial charge in [-0.05, 0) is 54.1 Å². The molecule has 4 rings (SSSR count). The van der Waals surface area contributed by atoms with E-state index in [2.05, 4.69) is 9.82 Å². The van der Waals surface area contributed by atoms with Crippen LogP contribution >= 0.6 is 11.6 Å². The number of carbonyl (C=O) groups excluding carboxylic acids is 1. The van der Waals surface area contributed by atoms with E-state index in [0.717, 1.165) is 11.8 Å². The molecule has 1 aliphatic rings. The number of nitrogens with one attached hydrogen (secondary N) is 1. The molecule has 9 heteroatoms. The highest BCUT2D eigenvalue weighted by Gasteiger charge is 2.35. The zero-order valence-corrected chi connectivity index (χ0v) is 17.5. The fourth-order valence-corrected chi connectivity index (χ4v) is 3.93. The molecular weight excluding hydrogens is 426 g/mol. The van der Waals surface area contributed by atoms with E-state index < -0.39 is 10.0 Å². The molecule has 1 N–H and O–H groups in total. The van der Waals surface area contributed by atoms with Crippen LogP contribution in [-0.2, 0) is 10.0 Å². The van der Waals surface area contributed by atoms with Crippen LogP contribution in [-0.4, -0.2) is 31.3 Å². The number of furan rings is 1. The molecule has 1 aliphatic heterocycles. The topological polar surface area (TPSA) is 92.0 Å². The molecule has 1 atom stereocenters. The van der Waals surface area contributed by atoms with Crippen molar-refractivity contribution in [3.63, 3.8) is 0 Å². The molecule has 0 spiro atoms. The SMILES string of the molecule is CS(=O)(=O)Nc1ccc(C2=NN(C(=O)c3ccc(Cl)cc3)[C@H](c3ccco3)C2)cc1. The van der Waals surface area contributed by atoms with Crippen LogP contribution in [0.5, 0.6) is 0 Å². The van der Waals surface area contributed by atoms with Gasteiger partial charge in [0.15, 0.2) is 0 Å². The molecule has 0 unspecified atom stereocenters. The summed E-state index contributed by atoms with van der Waals surface area (Å²) in [5.41, 5.74) is 2.41. The van der Waals surface area contributed by atoms with Crippen molar-refractivity contribution in [1.29, 1.82) is 0 Å². The average Bonchev–Trinajstić information content (AvgIpc) is 3.37. The van der Waals surface area contributed by atoms with E-state index in [0.29, 0.717) is 34.2 Å². The van der Waals surface area contributed by atoms with Crippen molar-refractivity contribution in [1.82, 2.24) is 5.01 Å². The van der Waals surface area contributed by atoms with Gasteiger partial charge in [0.05, 0.1) is 18.2 Å². The maximum Gasteiger partial charge on any atom is 0.274 e. The third kappa shape index (κ3) is 4.39. The molecule has 1 amide bonds. The molecule has 1 aromatic heterocycles. The van der Waals surface area contributed by atoms with E-state index in [1.165, 1.54) is 5.01 Å². The number of sulfonamides is 1. The molecular formula is C21H18ClN3O4S. The Balaban J connectivity index is 1.65. The third-order valence-electron chi connectivity index (χ3n) is 4.60. The number of hydrogen-bond donors (Lipinski definition) is 1. The van der Waals surface area contributed by atoms with E-state index in [1.54, 1.807) is 60.9 Å². The van der Waals surface area contributed by atoms with Crippen LogP contribution in [0.3, 0.4) is 0 Å². The molecule has 0 radical (unpaired) electrons. The van der Waals surface area contributed by atoms with Crippen molar-refractivity contribution in [2.75, 3.05) is 11.0 Å². The molecule has 2 aromatic carbocycles. The number of anilines is 1. The fraction of sp³-hybridized carbons (Fsp3) is 0.143. The summed E-state index contributed by atoms with van der Waals surface area (Å²) in [7, 11) is -3.36. The zero-order chi connectivity index (χ0) is 21.3. The minimum atomic E-state index is -3.36. The highest BCUT2D eigenvalue weighted by molar-refractivity contribution is 7.92. The van der Waals surface area contributed by atoms with E-state index in [1.807, 2.05) is 6.07 Å². The minimum absolute atomic E-state index is 0.265. The lowest BCUT2D eigenvalue weighted by atomic mass is 10.0. The number of halogens is 1. The van der Waals surface area contributed by atoms with E-state index in [4.69, 9.17) is 16.0 Å². The van der Waals surface area contributed by atoms with E-state index >= 15 is 0 Å². The molecule has 3 aromatic rings. The van der Waals surface area contributed by atoms with Gasteiger partial charge in [-0.25, -0.2) is 13.4 Å². The molecule has 154 valence electrons. The summed E-state index contributed by atoms with van der Waals surface area (Å²) in [6.45, 7) is 0. The Kier molecular flexibility index (Phi) is 5.36. The van der Waals surface area contributed by atoms with Crippen LogP contribution in [0.1, 0.15) is 34.1 Å². The van der Waals surface area contributed by atoms with Crippen LogP contribution < -0.4 is 4.72 Å². The lowest BCUT2D eigenvalue weighted by molar-refractivity contribution is 0.0693. The predicted molar refractivity (Wildman–Crippen MR) is 115 cm³/mol. The molecule has 0 saturated carbocycles. The molecule has 30 heavy (non-hydrogen) atoms. The number of hydrogen-bond acceptors (Lipinski definition) is 5. The number of amides is 1. The van der Waals surface area contributed by atoms with Gasteiger partial charge in [0.1, 0.15) is 11.8 Å². The van der Waals surface area contributed by atoms with E-state index in [-0.39, 0.29) is 11.9 Å². The van der Waals surface area contributed by atoms with Crippen molar-refractivity contribution >= 4 is 38.9 Å². The van der Waals surface area contributed by atoms with Gasteiger partial charge < -0.3 is 4.42 Å². The summed E-state index contributed by atoms with van der Waals surface area (Å²) in [6, 6.07) is 16.7. The first-order chi connectivity index (χ1) is 14.3. The Morgan fingerprint density at radius 3 is 2.43 bits per heavy atom. The van der Waals surface area contributed by atoms with Crippen LogP contribution in [0.25, 0.3) is 0 Å². The monoisotopic (exact) mass is 443 g/mol. The van der Waals surface area contributed by atoms with Gasteiger partial charge in [-0.2, -0.15) is 5.10 Å². The maximum absolute atomic E-state index is 13.1. The summed E-state index contributed by atoms with van der Waals surface area (Å²) < 4.78 is 30.8. The van der Waals surface area contributed by atoms with Gasteiger partial charge in [0.2, 0.25) is 10.0 Å². The van der Waals surface area contributed by atoms with Crippen LogP contribution in [0.4, 0.5) is 5.69 Å². The van der Waals surface area contributed by atoms with Gasteiger partial charge in [0, 0.05) is 22.7 Å². The van der Waals surface area contributed by atoms with E-state index in [9.17, 15) is 13.2 Å². The third-order valence-corrected chi connectivity index (χ3v) is 5.46. The van der Waals surface area contributed by atoms with Gasteiger partial charge in [0.25, 0.3) is 5.91 Å². The first kappa shape index (κ1) is 20.2. The van der Waals surface area contributed by atoms with Gasteiger partial charge >= 0.3 is 0 Å². The summed E-state index contributed by atoms with van der Waals surface area (Å²) in [5.74, 6) is 0.366. The second kappa shape index (κ2) is 7.97. The minimum Gasteiger partial charge on any atom is -0.467 e. The molecule has 7 nitrogen and oxygen atoms in total. The van der Waals surface area contributed by atoms with Crippen molar-refractivity contribution in [2.24, 2.45) is 5.10 Å². The number of rotatable bonds is 5. The number of carbonyl (C=O) groups is 1. The Hall–Kier alpha value is -3.10. The highest BCUT2D eigenvalue weighted by atomic mass is 35.5. The Labute approximate surface area is 179 Å². The lowest BCUT2D eigenvalue weighted by Gasteiger charge is -2.19. The van der Waals surface area contributed by atoms with Crippen LogP contribution in [0.2, 0.25) is 5.02 Å². The predicted octanol–water partition coefficient (Wildman–Crippen LogP) is 4.30. The molecule has 0 saturated heterocycles. The number of benzene rings is 2. The summed E-state index contributed by atoms with van der Waals surface area (Å²) >= 11 is 5.93. The molecule has 2 heterocycles. The zero-order valence-electron chi connectivity index (χ0n) is 15.9. The summed E-state index contributed by atoms with van der Waals surface area (Å²) in [5, 5.41) is 6.53. The fourth-order valence-electron chi connectivity index (χ4n) is 3.24. The normalized spacial score (nSPS) is 16.4. The molecule has 0 aliphatic carbocycles. The number of hydrazone groups is 1. The van der Waals surface area contributed by atoms with Crippen molar-refractivity contribution < 1.29 is 17.6 Å². The van der Waals surface area contributed by atoms with Crippen molar-refractivity contribution in [3.05, 3.63) is 88.8 Å². The largest absolute Gasteiger partial charge is 0.467 e. The maximum atomic E-state index is 13.1. The Bertz CT molecular complexity index is 1190. The van der Waals surface area contributed by atoms with Gasteiger partial charge in [-0.3, -0.25) is 9.52 Å². The first-order valence-electron chi connectivity index (χ1n) is 9.08. The summed E-state index contributed by atoms with van der Waals surface area (Å²) in [6.07, 6.45) is 3.12. The quantitative estimate of drug-likeness (QED) is 0.636. The summed E-state index contributed by atoms with van der Waals surface area (Å²) in [4.78, 5) is 13.1. The Morgan fingerprint density at radius 2 is 1.83 bits per heavy atom.